The largest absolute Gasteiger partial charge is 0.481 e. The number of carbonyl (C=O) groups is 2. The van der Waals surface area contributed by atoms with E-state index in [0.717, 1.165) is 0 Å². The molecule has 0 aromatic rings. The number of methoxy groups -OCH3 is 1. The SMILES string of the molecule is CCN(CC(C)C(=O)O)C(=O)CC(CN)OC. The predicted octanol–water partition coefficient (Wildman–Crippen LogP) is -0.0806. The summed E-state index contributed by atoms with van der Waals surface area (Å²) >= 11 is 0. The van der Waals surface area contributed by atoms with Gasteiger partial charge in [0.1, 0.15) is 0 Å². The first-order valence-corrected chi connectivity index (χ1v) is 5.69. The number of carboxylic acids is 1. The minimum Gasteiger partial charge on any atom is -0.481 e. The van der Waals surface area contributed by atoms with Crippen LogP contribution in [0, 0.1) is 5.92 Å². The summed E-state index contributed by atoms with van der Waals surface area (Å²) in [4.78, 5) is 24.1. The van der Waals surface area contributed by atoms with Gasteiger partial charge < -0.3 is 20.5 Å². The first-order chi connectivity index (χ1) is 7.96. The molecule has 0 radical (unpaired) electrons. The summed E-state index contributed by atoms with van der Waals surface area (Å²) in [6.45, 7) is 4.36. The second-order valence-corrected chi connectivity index (χ2v) is 3.97. The topological polar surface area (TPSA) is 92.9 Å². The lowest BCUT2D eigenvalue weighted by atomic mass is 10.1. The highest BCUT2D eigenvalue weighted by Crippen LogP contribution is 2.05. The molecule has 1 amide bonds. The molecule has 2 unspecified atom stereocenters. The Bertz CT molecular complexity index is 254. The lowest BCUT2D eigenvalue weighted by Gasteiger charge is -2.24. The summed E-state index contributed by atoms with van der Waals surface area (Å²) in [5.41, 5.74) is 5.43. The Balaban J connectivity index is 4.35. The number of hydrogen-bond donors (Lipinski definition) is 2. The van der Waals surface area contributed by atoms with Crippen molar-refractivity contribution in [1.29, 1.82) is 0 Å². The number of hydrogen-bond acceptors (Lipinski definition) is 4. The number of carbonyl (C=O) groups excluding carboxylic acids is 1. The molecule has 0 rings (SSSR count). The highest BCUT2D eigenvalue weighted by Gasteiger charge is 2.21. The fraction of sp³-hybridized carbons (Fsp3) is 0.818. The molecule has 0 bridgehead atoms. The number of aliphatic carboxylic acids is 1. The Morgan fingerprint density at radius 1 is 1.47 bits per heavy atom. The maximum Gasteiger partial charge on any atom is 0.308 e. The molecule has 0 saturated carbocycles. The number of ether oxygens (including phenoxy) is 1. The van der Waals surface area contributed by atoms with E-state index in [2.05, 4.69) is 0 Å². The average Bonchev–Trinajstić information content (AvgIpc) is 2.31. The molecule has 17 heavy (non-hydrogen) atoms. The van der Waals surface area contributed by atoms with Crippen LogP contribution in [0.1, 0.15) is 20.3 Å². The summed E-state index contributed by atoms with van der Waals surface area (Å²) in [5, 5.41) is 8.80. The van der Waals surface area contributed by atoms with Crippen LogP contribution in [0.5, 0.6) is 0 Å². The van der Waals surface area contributed by atoms with E-state index in [1.807, 2.05) is 6.92 Å². The molecule has 0 aliphatic heterocycles. The van der Waals surface area contributed by atoms with E-state index in [1.54, 1.807) is 6.92 Å². The standard InChI is InChI=1S/C11H22N2O4/c1-4-13(7-8(2)11(15)16)10(14)5-9(6-12)17-3/h8-9H,4-7,12H2,1-3H3,(H,15,16). The molecule has 0 aromatic carbocycles. The molecule has 6 heteroatoms. The molecule has 100 valence electrons. The van der Waals surface area contributed by atoms with Gasteiger partial charge in [-0.2, -0.15) is 0 Å². The van der Waals surface area contributed by atoms with Crippen LogP contribution in [-0.4, -0.2) is 54.7 Å². The van der Waals surface area contributed by atoms with Gasteiger partial charge in [-0.1, -0.05) is 6.92 Å². The van der Waals surface area contributed by atoms with Crippen LogP contribution in [0.3, 0.4) is 0 Å². The summed E-state index contributed by atoms with van der Waals surface area (Å²) in [5.74, 6) is -1.60. The van der Waals surface area contributed by atoms with Gasteiger partial charge in [-0.05, 0) is 6.92 Å². The van der Waals surface area contributed by atoms with E-state index in [-0.39, 0.29) is 31.5 Å². The minimum atomic E-state index is -0.904. The number of carboxylic acid groups (broad SMARTS) is 1. The number of amides is 1. The van der Waals surface area contributed by atoms with Crippen LogP contribution in [0.15, 0.2) is 0 Å². The van der Waals surface area contributed by atoms with Crippen LogP contribution in [0.25, 0.3) is 0 Å². The van der Waals surface area contributed by atoms with Crippen LogP contribution in [-0.2, 0) is 14.3 Å². The van der Waals surface area contributed by atoms with Gasteiger partial charge in [0, 0.05) is 26.7 Å². The first kappa shape index (κ1) is 15.9. The summed E-state index contributed by atoms with van der Waals surface area (Å²) < 4.78 is 5.03. The number of rotatable bonds is 8. The Labute approximate surface area is 102 Å². The minimum absolute atomic E-state index is 0.127. The monoisotopic (exact) mass is 246 g/mol. The van der Waals surface area contributed by atoms with Crippen molar-refractivity contribution in [2.45, 2.75) is 26.4 Å². The first-order valence-electron chi connectivity index (χ1n) is 5.69. The maximum atomic E-state index is 11.9. The number of nitrogens with zero attached hydrogens (tertiary/aromatic N) is 1. The molecule has 0 aromatic heterocycles. The third-order valence-electron chi connectivity index (χ3n) is 2.65. The van der Waals surface area contributed by atoms with E-state index in [4.69, 9.17) is 15.6 Å². The van der Waals surface area contributed by atoms with Gasteiger partial charge in [-0.3, -0.25) is 9.59 Å². The van der Waals surface area contributed by atoms with Gasteiger partial charge >= 0.3 is 5.97 Å². The molecular formula is C11H22N2O4. The quantitative estimate of drug-likeness (QED) is 0.625. The van der Waals surface area contributed by atoms with Crippen molar-refractivity contribution in [2.24, 2.45) is 11.7 Å². The fourth-order valence-electron chi connectivity index (χ4n) is 1.40. The van der Waals surface area contributed by atoms with Crippen molar-refractivity contribution >= 4 is 11.9 Å². The third-order valence-corrected chi connectivity index (χ3v) is 2.65. The van der Waals surface area contributed by atoms with Crippen molar-refractivity contribution in [3.05, 3.63) is 0 Å². The van der Waals surface area contributed by atoms with E-state index in [9.17, 15) is 9.59 Å². The molecule has 0 fully saturated rings. The lowest BCUT2D eigenvalue weighted by molar-refractivity contribution is -0.143. The Morgan fingerprint density at radius 3 is 2.41 bits per heavy atom. The second kappa shape index (κ2) is 8.03. The normalized spacial score (nSPS) is 14.1. The molecule has 0 aliphatic carbocycles. The Hall–Kier alpha value is -1.14. The summed E-state index contributed by atoms with van der Waals surface area (Å²) in [6.07, 6.45) is -0.121. The molecule has 0 heterocycles. The average molecular weight is 246 g/mol. The molecule has 3 N–H and O–H groups in total. The lowest BCUT2D eigenvalue weighted by Crippen LogP contribution is -2.39. The van der Waals surface area contributed by atoms with Crippen LogP contribution < -0.4 is 5.73 Å². The second-order valence-electron chi connectivity index (χ2n) is 3.97. The van der Waals surface area contributed by atoms with Crippen molar-refractivity contribution in [3.8, 4) is 0 Å². The predicted molar refractivity (Wildman–Crippen MR) is 63.5 cm³/mol. The van der Waals surface area contributed by atoms with Gasteiger partial charge in [0.25, 0.3) is 0 Å². The van der Waals surface area contributed by atoms with Gasteiger partial charge in [-0.25, -0.2) is 0 Å². The summed E-state index contributed by atoms with van der Waals surface area (Å²) in [6, 6.07) is 0. The molecule has 6 nitrogen and oxygen atoms in total. The zero-order valence-corrected chi connectivity index (χ0v) is 10.7. The zero-order chi connectivity index (χ0) is 13.4. The van der Waals surface area contributed by atoms with Crippen LogP contribution in [0.2, 0.25) is 0 Å². The maximum absolute atomic E-state index is 11.9. The van der Waals surface area contributed by atoms with Crippen molar-refractivity contribution < 1.29 is 19.4 Å². The van der Waals surface area contributed by atoms with Crippen LogP contribution in [0.4, 0.5) is 0 Å². The molecule has 0 aliphatic rings. The molecule has 0 saturated heterocycles. The number of nitrogens with two attached hydrogens (primary N) is 1. The van der Waals surface area contributed by atoms with Crippen molar-refractivity contribution in [3.63, 3.8) is 0 Å². The van der Waals surface area contributed by atoms with E-state index >= 15 is 0 Å². The van der Waals surface area contributed by atoms with E-state index in [1.165, 1.54) is 12.0 Å². The third kappa shape index (κ3) is 5.65. The Morgan fingerprint density at radius 2 is 2.06 bits per heavy atom. The van der Waals surface area contributed by atoms with Crippen molar-refractivity contribution in [2.75, 3.05) is 26.7 Å². The zero-order valence-electron chi connectivity index (χ0n) is 10.7. The van der Waals surface area contributed by atoms with Gasteiger partial charge in [-0.15, -0.1) is 0 Å². The summed E-state index contributed by atoms with van der Waals surface area (Å²) in [7, 11) is 1.50. The smallest absolute Gasteiger partial charge is 0.308 e. The van der Waals surface area contributed by atoms with E-state index in [0.29, 0.717) is 6.54 Å². The highest BCUT2D eigenvalue weighted by molar-refractivity contribution is 5.78. The van der Waals surface area contributed by atoms with E-state index < -0.39 is 11.9 Å². The van der Waals surface area contributed by atoms with Crippen LogP contribution >= 0.6 is 0 Å². The molecule has 0 spiro atoms. The Kier molecular flexibility index (Phi) is 7.49. The molecular weight excluding hydrogens is 224 g/mol. The molecule has 2 atom stereocenters. The fourth-order valence-corrected chi connectivity index (χ4v) is 1.40. The van der Waals surface area contributed by atoms with Gasteiger partial charge in [0.05, 0.1) is 18.4 Å². The van der Waals surface area contributed by atoms with Crippen molar-refractivity contribution in [1.82, 2.24) is 4.90 Å². The highest BCUT2D eigenvalue weighted by atomic mass is 16.5. The van der Waals surface area contributed by atoms with Gasteiger partial charge in [0.2, 0.25) is 5.91 Å². The van der Waals surface area contributed by atoms with Gasteiger partial charge in [0.15, 0.2) is 0 Å².